The minimum Gasteiger partial charge on any atom is -0.211 e. The summed E-state index contributed by atoms with van der Waals surface area (Å²) in [5, 5.41) is 0. The summed E-state index contributed by atoms with van der Waals surface area (Å²) in [4.78, 5) is 14.1. The van der Waals surface area contributed by atoms with Crippen molar-refractivity contribution in [3.63, 3.8) is 0 Å². The minimum atomic E-state index is 0.179. The lowest BCUT2D eigenvalue weighted by Crippen LogP contribution is -2.54. The van der Waals surface area contributed by atoms with E-state index in [1.54, 1.807) is 6.08 Å². The highest BCUT2D eigenvalue weighted by Crippen LogP contribution is 2.62. The van der Waals surface area contributed by atoms with Crippen LogP contribution in [-0.2, 0) is 4.79 Å². The van der Waals surface area contributed by atoms with Crippen molar-refractivity contribution in [2.24, 2.45) is 28.2 Å². The van der Waals surface area contributed by atoms with E-state index >= 15 is 0 Å². The van der Waals surface area contributed by atoms with Gasteiger partial charge in [0.1, 0.15) is 0 Å². The fraction of sp³-hybridized carbons (Fsp3) is 0.917. The molecule has 0 spiro atoms. The van der Waals surface area contributed by atoms with Crippen molar-refractivity contribution in [2.75, 3.05) is 0 Å². The second kappa shape index (κ2) is 3.20. The van der Waals surface area contributed by atoms with Crippen LogP contribution in [0.4, 0.5) is 0 Å². The molecule has 0 aromatic carbocycles. The fourth-order valence-corrected chi connectivity index (χ4v) is 3.62. The van der Waals surface area contributed by atoms with Crippen LogP contribution < -0.4 is 0 Å². The molecular weight excluding hydrogens is 174 g/mol. The maximum Gasteiger partial charge on any atom is 0.235 e. The average molecular weight is 193 g/mol. The van der Waals surface area contributed by atoms with E-state index in [0.717, 1.165) is 11.8 Å². The lowest BCUT2D eigenvalue weighted by atomic mass is 9.45. The quantitative estimate of drug-likeness (QED) is 0.490. The Labute approximate surface area is 85.8 Å². The number of hydrogen-bond acceptors (Lipinski definition) is 2. The third-order valence-electron chi connectivity index (χ3n) is 4.79. The van der Waals surface area contributed by atoms with E-state index < -0.39 is 0 Å². The Morgan fingerprint density at radius 3 is 2.64 bits per heavy atom. The van der Waals surface area contributed by atoms with Crippen LogP contribution in [0, 0.1) is 23.2 Å². The third kappa shape index (κ3) is 1.25. The van der Waals surface area contributed by atoms with Crippen LogP contribution in [0.2, 0.25) is 0 Å². The molecule has 3 aliphatic carbocycles. The van der Waals surface area contributed by atoms with Crippen LogP contribution in [0.25, 0.3) is 0 Å². The molecule has 0 aliphatic heterocycles. The van der Waals surface area contributed by atoms with Crippen LogP contribution >= 0.6 is 0 Å². The van der Waals surface area contributed by atoms with Gasteiger partial charge in [0.25, 0.3) is 0 Å². The molecule has 3 saturated carbocycles. The number of nitrogens with zero attached hydrogens (tertiary/aromatic N) is 1. The molecule has 14 heavy (non-hydrogen) atoms. The molecular formula is C12H19NO. The second-order valence-electron chi connectivity index (χ2n) is 5.56. The van der Waals surface area contributed by atoms with Crippen molar-refractivity contribution < 1.29 is 4.79 Å². The number of rotatable bonds is 2. The monoisotopic (exact) mass is 193 g/mol. The predicted octanol–water partition coefficient (Wildman–Crippen LogP) is 2.78. The molecule has 3 aliphatic rings. The summed E-state index contributed by atoms with van der Waals surface area (Å²) >= 11 is 0. The molecule has 2 bridgehead atoms. The number of fused-ring (bicyclic) bond motifs is 2. The Bertz CT molecular complexity index is 276. The molecule has 0 aromatic heterocycles. The van der Waals surface area contributed by atoms with Crippen LogP contribution in [0.1, 0.15) is 40.0 Å². The summed E-state index contributed by atoms with van der Waals surface area (Å²) in [6.07, 6.45) is 5.64. The Balaban J connectivity index is 2.11. The molecule has 2 nitrogen and oxygen atoms in total. The molecule has 78 valence electrons. The zero-order chi connectivity index (χ0) is 10.3. The first-order valence-electron chi connectivity index (χ1n) is 5.64. The molecule has 4 atom stereocenters. The molecule has 3 rings (SSSR count). The molecule has 0 heterocycles. The summed E-state index contributed by atoms with van der Waals surface area (Å²) < 4.78 is 0. The van der Waals surface area contributed by atoms with Crippen LogP contribution in [-0.4, -0.2) is 12.1 Å². The van der Waals surface area contributed by atoms with Crippen molar-refractivity contribution >= 4 is 6.08 Å². The maximum absolute atomic E-state index is 10.2. The summed E-state index contributed by atoms with van der Waals surface area (Å²) in [5.41, 5.74) is 0.496. The predicted molar refractivity (Wildman–Crippen MR) is 55.7 cm³/mol. The standard InChI is InChI=1S/C12H19NO/c1-8(13-7-14)10-5-4-9-6-11(10)12(9,2)3/h8-11H,4-6H2,1-3H3. The van der Waals surface area contributed by atoms with E-state index in [1.807, 2.05) is 0 Å². The highest BCUT2D eigenvalue weighted by atomic mass is 16.1. The zero-order valence-corrected chi connectivity index (χ0v) is 9.29. The van der Waals surface area contributed by atoms with Crippen molar-refractivity contribution in [3.8, 4) is 0 Å². The van der Waals surface area contributed by atoms with Gasteiger partial charge in [-0.1, -0.05) is 13.8 Å². The van der Waals surface area contributed by atoms with E-state index in [0.29, 0.717) is 11.3 Å². The Morgan fingerprint density at radius 1 is 1.43 bits per heavy atom. The van der Waals surface area contributed by atoms with Crippen LogP contribution in [0.5, 0.6) is 0 Å². The van der Waals surface area contributed by atoms with Gasteiger partial charge >= 0.3 is 0 Å². The van der Waals surface area contributed by atoms with Gasteiger partial charge in [-0.3, -0.25) is 0 Å². The van der Waals surface area contributed by atoms with Gasteiger partial charge in [-0.2, -0.15) is 0 Å². The van der Waals surface area contributed by atoms with Gasteiger partial charge in [-0.05, 0) is 49.4 Å². The molecule has 0 saturated heterocycles. The number of isocyanates is 1. The van der Waals surface area contributed by atoms with Gasteiger partial charge in [-0.25, -0.2) is 9.79 Å². The fourth-order valence-electron chi connectivity index (χ4n) is 3.62. The van der Waals surface area contributed by atoms with Crippen LogP contribution in [0.3, 0.4) is 0 Å². The number of hydrogen-bond donors (Lipinski definition) is 0. The maximum atomic E-state index is 10.2. The highest BCUT2D eigenvalue weighted by Gasteiger charge is 2.55. The Hall–Kier alpha value is -0.620. The van der Waals surface area contributed by atoms with Gasteiger partial charge in [0, 0.05) is 0 Å². The van der Waals surface area contributed by atoms with Crippen molar-refractivity contribution in [3.05, 3.63) is 0 Å². The molecule has 0 N–H and O–H groups in total. The summed E-state index contributed by atoms with van der Waals surface area (Å²) in [5.74, 6) is 2.33. The lowest BCUT2D eigenvalue weighted by molar-refractivity contribution is -0.109. The van der Waals surface area contributed by atoms with Gasteiger partial charge in [0.2, 0.25) is 6.08 Å². The molecule has 0 radical (unpaired) electrons. The van der Waals surface area contributed by atoms with Crippen molar-refractivity contribution in [1.82, 2.24) is 0 Å². The first-order chi connectivity index (χ1) is 6.57. The topological polar surface area (TPSA) is 29.4 Å². The third-order valence-corrected chi connectivity index (χ3v) is 4.79. The zero-order valence-electron chi connectivity index (χ0n) is 9.29. The summed E-state index contributed by atoms with van der Waals surface area (Å²) in [6, 6.07) is 0.179. The van der Waals surface area contributed by atoms with Gasteiger partial charge in [0.15, 0.2) is 0 Å². The van der Waals surface area contributed by atoms with Gasteiger partial charge < -0.3 is 0 Å². The van der Waals surface area contributed by atoms with E-state index in [9.17, 15) is 4.79 Å². The van der Waals surface area contributed by atoms with Gasteiger partial charge in [0.05, 0.1) is 6.04 Å². The molecule has 3 fully saturated rings. The largest absolute Gasteiger partial charge is 0.235 e. The average Bonchev–Trinajstić information content (AvgIpc) is 2.18. The first-order valence-corrected chi connectivity index (χ1v) is 5.64. The van der Waals surface area contributed by atoms with E-state index in [-0.39, 0.29) is 6.04 Å². The normalized spacial score (nSPS) is 40.6. The summed E-state index contributed by atoms with van der Waals surface area (Å²) in [7, 11) is 0. The van der Waals surface area contributed by atoms with E-state index in [4.69, 9.17) is 0 Å². The summed E-state index contributed by atoms with van der Waals surface area (Å²) in [6.45, 7) is 6.80. The van der Waals surface area contributed by atoms with Crippen molar-refractivity contribution in [2.45, 2.75) is 46.1 Å². The molecule has 0 amide bonds. The van der Waals surface area contributed by atoms with E-state index in [1.165, 1.54) is 19.3 Å². The first kappa shape index (κ1) is 9.92. The van der Waals surface area contributed by atoms with Gasteiger partial charge in [-0.15, -0.1) is 0 Å². The Kier molecular flexibility index (Phi) is 2.27. The van der Waals surface area contributed by atoms with Crippen molar-refractivity contribution in [1.29, 1.82) is 0 Å². The Morgan fingerprint density at radius 2 is 2.14 bits per heavy atom. The lowest BCUT2D eigenvalue weighted by Gasteiger charge is -2.60. The molecule has 0 aromatic rings. The minimum absolute atomic E-state index is 0.179. The SMILES string of the molecule is CC(N=C=O)C1CCC2CC1C2(C)C. The molecule has 2 heteroatoms. The van der Waals surface area contributed by atoms with Crippen LogP contribution in [0.15, 0.2) is 4.99 Å². The number of aliphatic imine (C=N–C) groups is 1. The smallest absolute Gasteiger partial charge is 0.211 e. The molecule has 4 unspecified atom stereocenters. The highest BCUT2D eigenvalue weighted by molar-refractivity contribution is 5.33. The second-order valence-corrected chi connectivity index (χ2v) is 5.56. The van der Waals surface area contributed by atoms with E-state index in [2.05, 4.69) is 25.8 Å². The number of carbonyl (C=O) groups excluding carboxylic acids is 1.